The molecule has 0 atom stereocenters. The van der Waals surface area contributed by atoms with E-state index in [0.717, 1.165) is 20.5 Å². The highest BCUT2D eigenvalue weighted by Gasteiger charge is 2.14. The number of thioether (sulfide) groups is 1. The number of hydrogen-bond acceptors (Lipinski definition) is 5. The van der Waals surface area contributed by atoms with Crippen molar-refractivity contribution in [2.45, 2.75) is 25.7 Å². The molecule has 0 spiro atoms. The fourth-order valence-corrected chi connectivity index (χ4v) is 3.80. The quantitative estimate of drug-likeness (QED) is 0.435. The number of pyridine rings is 1. The van der Waals surface area contributed by atoms with Crippen LogP contribution >= 0.6 is 50.9 Å². The van der Waals surface area contributed by atoms with Gasteiger partial charge >= 0.3 is 5.97 Å². The molecule has 0 aliphatic carbocycles. The number of aromatic nitrogens is 1. The standard InChI is InChI=1S/C18H17BrCl2N2O3S/c1-9-5-14(10(2)4-12(9)19)27-8-16(25)26-7-15(24)23-18-17(21)11(3)13(20)6-22-18/h4-6H,7-8H2,1-3H3,(H,22,23,24). The van der Waals surface area contributed by atoms with E-state index in [2.05, 4.69) is 26.2 Å². The summed E-state index contributed by atoms with van der Waals surface area (Å²) >= 11 is 16.8. The maximum absolute atomic E-state index is 11.9. The number of rotatable bonds is 6. The minimum Gasteiger partial charge on any atom is -0.455 e. The third-order valence-electron chi connectivity index (χ3n) is 3.63. The van der Waals surface area contributed by atoms with Crippen molar-refractivity contribution in [3.63, 3.8) is 0 Å². The van der Waals surface area contributed by atoms with Gasteiger partial charge in [-0.25, -0.2) is 4.98 Å². The average molecular weight is 492 g/mol. The Hall–Kier alpha value is -1.28. The summed E-state index contributed by atoms with van der Waals surface area (Å²) in [6.45, 7) is 5.24. The summed E-state index contributed by atoms with van der Waals surface area (Å²) in [5.41, 5.74) is 2.75. The van der Waals surface area contributed by atoms with Crippen LogP contribution in [0.5, 0.6) is 0 Å². The van der Waals surface area contributed by atoms with E-state index >= 15 is 0 Å². The predicted molar refractivity (Wildman–Crippen MR) is 113 cm³/mol. The second-order valence-electron chi connectivity index (χ2n) is 5.76. The van der Waals surface area contributed by atoms with Crippen LogP contribution in [0.15, 0.2) is 27.7 Å². The van der Waals surface area contributed by atoms with Crippen molar-refractivity contribution in [3.8, 4) is 0 Å². The first-order valence-electron chi connectivity index (χ1n) is 7.84. The molecule has 5 nitrogen and oxygen atoms in total. The molecule has 27 heavy (non-hydrogen) atoms. The van der Waals surface area contributed by atoms with Crippen LogP contribution in [0.1, 0.15) is 16.7 Å². The number of nitrogens with zero attached hydrogens (tertiary/aromatic N) is 1. The Morgan fingerprint density at radius 3 is 2.63 bits per heavy atom. The number of amides is 1. The summed E-state index contributed by atoms with van der Waals surface area (Å²) in [5.74, 6) is -0.731. The molecule has 0 aliphatic heterocycles. The van der Waals surface area contributed by atoms with Gasteiger partial charge < -0.3 is 10.1 Å². The zero-order chi connectivity index (χ0) is 20.1. The molecule has 1 aromatic heterocycles. The molecule has 0 radical (unpaired) electrons. The Morgan fingerprint density at radius 1 is 1.22 bits per heavy atom. The van der Waals surface area contributed by atoms with E-state index in [4.69, 9.17) is 27.9 Å². The largest absolute Gasteiger partial charge is 0.455 e. The van der Waals surface area contributed by atoms with Gasteiger partial charge in [-0.15, -0.1) is 11.8 Å². The lowest BCUT2D eigenvalue weighted by molar-refractivity contribution is -0.144. The number of carbonyl (C=O) groups excluding carboxylic acids is 2. The molecule has 1 heterocycles. The molecule has 0 aliphatic rings. The molecule has 1 amide bonds. The third kappa shape index (κ3) is 6.10. The molecule has 1 N–H and O–H groups in total. The molecule has 0 saturated heterocycles. The van der Waals surface area contributed by atoms with Gasteiger partial charge in [0.1, 0.15) is 0 Å². The Labute approximate surface area is 180 Å². The minimum atomic E-state index is -0.528. The predicted octanol–water partition coefficient (Wildman–Crippen LogP) is 5.35. The highest BCUT2D eigenvalue weighted by Crippen LogP contribution is 2.29. The zero-order valence-electron chi connectivity index (χ0n) is 14.9. The maximum atomic E-state index is 11.9. The molecule has 0 bridgehead atoms. The fraction of sp³-hybridized carbons (Fsp3) is 0.278. The topological polar surface area (TPSA) is 68.3 Å². The monoisotopic (exact) mass is 490 g/mol. The van der Waals surface area contributed by atoms with Crippen molar-refractivity contribution in [3.05, 3.63) is 49.5 Å². The summed E-state index contributed by atoms with van der Waals surface area (Å²) in [7, 11) is 0. The minimum absolute atomic E-state index is 0.105. The number of hydrogen-bond donors (Lipinski definition) is 1. The van der Waals surface area contributed by atoms with Crippen molar-refractivity contribution in [1.29, 1.82) is 0 Å². The van der Waals surface area contributed by atoms with Gasteiger partial charge in [-0.1, -0.05) is 39.1 Å². The van der Waals surface area contributed by atoms with Crippen molar-refractivity contribution >= 4 is 68.6 Å². The molecule has 0 unspecified atom stereocenters. The smallest absolute Gasteiger partial charge is 0.316 e. The summed E-state index contributed by atoms with van der Waals surface area (Å²) in [5, 5.41) is 3.15. The van der Waals surface area contributed by atoms with E-state index in [-0.39, 0.29) is 16.6 Å². The normalized spacial score (nSPS) is 10.6. The Kier molecular flexibility index (Phi) is 7.97. The van der Waals surface area contributed by atoms with Crippen LogP contribution in [0.3, 0.4) is 0 Å². The van der Waals surface area contributed by atoms with Crippen LogP contribution in [0.4, 0.5) is 5.82 Å². The summed E-state index contributed by atoms with van der Waals surface area (Å²) in [4.78, 5) is 28.8. The van der Waals surface area contributed by atoms with Crippen LogP contribution in [-0.2, 0) is 14.3 Å². The van der Waals surface area contributed by atoms with Gasteiger partial charge in [0.15, 0.2) is 12.4 Å². The Morgan fingerprint density at radius 2 is 1.93 bits per heavy atom. The van der Waals surface area contributed by atoms with Crippen molar-refractivity contribution in [2.24, 2.45) is 0 Å². The zero-order valence-corrected chi connectivity index (χ0v) is 18.8. The summed E-state index contributed by atoms with van der Waals surface area (Å²) in [6.07, 6.45) is 1.39. The van der Waals surface area contributed by atoms with Crippen LogP contribution in [0.2, 0.25) is 10.0 Å². The first-order valence-corrected chi connectivity index (χ1v) is 10.4. The van der Waals surface area contributed by atoms with E-state index in [1.165, 1.54) is 18.0 Å². The van der Waals surface area contributed by atoms with Gasteiger partial charge in [0.05, 0.1) is 15.8 Å². The number of anilines is 1. The fourth-order valence-electron chi connectivity index (χ4n) is 2.05. The summed E-state index contributed by atoms with van der Waals surface area (Å²) in [6, 6.07) is 4.00. The SMILES string of the molecule is Cc1cc(SCC(=O)OCC(=O)Nc2ncc(Cl)c(C)c2Cl)c(C)cc1Br. The highest BCUT2D eigenvalue weighted by atomic mass is 79.9. The van der Waals surface area contributed by atoms with E-state index in [1.807, 2.05) is 26.0 Å². The number of benzene rings is 1. The Bertz CT molecular complexity index is 893. The van der Waals surface area contributed by atoms with Crippen LogP contribution in [0, 0.1) is 20.8 Å². The van der Waals surface area contributed by atoms with E-state index < -0.39 is 18.5 Å². The lowest BCUT2D eigenvalue weighted by atomic mass is 10.2. The van der Waals surface area contributed by atoms with Crippen molar-refractivity contribution in [1.82, 2.24) is 4.98 Å². The molecule has 1 aromatic carbocycles. The number of aryl methyl sites for hydroxylation is 2. The molecule has 9 heteroatoms. The number of nitrogens with one attached hydrogen (secondary N) is 1. The van der Waals surface area contributed by atoms with E-state index in [0.29, 0.717) is 10.6 Å². The van der Waals surface area contributed by atoms with Gasteiger partial charge in [-0.05, 0) is 49.6 Å². The average Bonchev–Trinajstić information content (AvgIpc) is 2.62. The molecule has 2 rings (SSSR count). The van der Waals surface area contributed by atoms with Crippen LogP contribution in [0.25, 0.3) is 0 Å². The van der Waals surface area contributed by atoms with Crippen molar-refractivity contribution < 1.29 is 14.3 Å². The lowest BCUT2D eigenvalue weighted by Crippen LogP contribution is -2.22. The van der Waals surface area contributed by atoms with Gasteiger partial charge in [-0.2, -0.15) is 0 Å². The van der Waals surface area contributed by atoms with Gasteiger partial charge in [0.2, 0.25) is 0 Å². The van der Waals surface area contributed by atoms with Gasteiger partial charge in [0, 0.05) is 15.6 Å². The molecular formula is C18H17BrCl2N2O3S. The molecule has 0 saturated carbocycles. The third-order valence-corrected chi connectivity index (χ3v) is 6.45. The van der Waals surface area contributed by atoms with Gasteiger partial charge in [0.25, 0.3) is 5.91 Å². The van der Waals surface area contributed by atoms with Crippen molar-refractivity contribution in [2.75, 3.05) is 17.7 Å². The van der Waals surface area contributed by atoms with E-state index in [9.17, 15) is 9.59 Å². The van der Waals surface area contributed by atoms with Gasteiger partial charge in [-0.3, -0.25) is 9.59 Å². The maximum Gasteiger partial charge on any atom is 0.316 e. The Balaban J connectivity index is 1.84. The molecule has 0 fully saturated rings. The second-order valence-corrected chi connectivity index (χ2v) is 8.41. The van der Waals surface area contributed by atoms with Crippen LogP contribution < -0.4 is 5.32 Å². The molecule has 2 aromatic rings. The number of esters is 1. The first kappa shape index (κ1) is 22.0. The number of halogens is 3. The highest BCUT2D eigenvalue weighted by molar-refractivity contribution is 9.10. The summed E-state index contributed by atoms with van der Waals surface area (Å²) < 4.78 is 6.03. The van der Waals surface area contributed by atoms with E-state index in [1.54, 1.807) is 6.92 Å². The lowest BCUT2D eigenvalue weighted by Gasteiger charge is -2.10. The molecule has 144 valence electrons. The first-order chi connectivity index (χ1) is 12.7. The molecular weight excluding hydrogens is 475 g/mol. The second kappa shape index (κ2) is 9.78. The number of ether oxygens (including phenoxy) is 1. The van der Waals surface area contributed by atoms with Crippen LogP contribution in [-0.4, -0.2) is 29.2 Å². The number of carbonyl (C=O) groups is 2.